The predicted octanol–water partition coefficient (Wildman–Crippen LogP) is 5.14. The summed E-state index contributed by atoms with van der Waals surface area (Å²) in [6, 6.07) is 15.3. The van der Waals surface area contributed by atoms with E-state index in [2.05, 4.69) is 5.32 Å². The van der Waals surface area contributed by atoms with Crippen molar-refractivity contribution in [3.8, 4) is 0 Å². The summed E-state index contributed by atoms with van der Waals surface area (Å²) in [7, 11) is 0. The average molecular weight is 450 g/mol. The van der Waals surface area contributed by atoms with Crippen LogP contribution in [0.4, 0.5) is 0 Å². The van der Waals surface area contributed by atoms with Gasteiger partial charge in [0, 0.05) is 18.0 Å². The van der Waals surface area contributed by atoms with Gasteiger partial charge in [0.05, 0.1) is 16.2 Å². The molecule has 2 amide bonds. The van der Waals surface area contributed by atoms with Gasteiger partial charge in [-0.25, -0.2) is 0 Å². The van der Waals surface area contributed by atoms with Gasteiger partial charge in [0.1, 0.15) is 6.54 Å². The van der Waals surface area contributed by atoms with Crippen LogP contribution in [0.15, 0.2) is 48.5 Å². The largest absolute Gasteiger partial charge is 0.351 e. The number of para-hydroxylation sites is 1. The molecule has 5 rings (SSSR count). The molecule has 1 N–H and O–H groups in total. The van der Waals surface area contributed by atoms with E-state index in [1.54, 1.807) is 4.90 Å². The number of benzene rings is 2. The van der Waals surface area contributed by atoms with Gasteiger partial charge in [0.15, 0.2) is 6.04 Å². The zero-order valence-electron chi connectivity index (χ0n) is 18.3. The zero-order chi connectivity index (χ0) is 22.2. The molecule has 0 radical (unpaired) electrons. The van der Waals surface area contributed by atoms with Crippen molar-refractivity contribution >= 4 is 34.3 Å². The van der Waals surface area contributed by atoms with Crippen LogP contribution in [0.2, 0.25) is 5.02 Å². The summed E-state index contributed by atoms with van der Waals surface area (Å²) in [6.07, 6.45) is 5.45. The molecule has 166 valence electrons. The lowest BCUT2D eigenvalue weighted by atomic mass is 9.95. The van der Waals surface area contributed by atoms with Crippen molar-refractivity contribution in [2.45, 2.75) is 64.2 Å². The minimum absolute atomic E-state index is 0.0701. The Morgan fingerprint density at radius 1 is 1.06 bits per heavy atom. The third-order valence-electron chi connectivity index (χ3n) is 6.80. The molecule has 1 aromatic heterocycles. The summed E-state index contributed by atoms with van der Waals surface area (Å²) in [5, 5.41) is 4.68. The number of nitrogens with one attached hydrogen (secondary N) is 1. The number of halogens is 1. The first-order chi connectivity index (χ1) is 15.5. The molecule has 32 heavy (non-hydrogen) atoms. The zero-order valence-corrected chi connectivity index (χ0v) is 19.1. The highest BCUT2D eigenvalue weighted by molar-refractivity contribution is 6.37. The molecule has 2 heterocycles. The molecule has 1 aliphatic carbocycles. The molecule has 2 aliphatic rings. The van der Waals surface area contributed by atoms with Gasteiger partial charge in [-0.3, -0.25) is 9.59 Å². The van der Waals surface area contributed by atoms with Gasteiger partial charge in [-0.1, -0.05) is 78.9 Å². The molecule has 3 aromatic rings. The Labute approximate surface area is 193 Å². The van der Waals surface area contributed by atoms with Gasteiger partial charge in [-0.15, -0.1) is 0 Å². The Morgan fingerprint density at radius 3 is 2.53 bits per heavy atom. The van der Waals surface area contributed by atoms with Crippen LogP contribution in [0.5, 0.6) is 0 Å². The monoisotopic (exact) mass is 449 g/mol. The first-order valence-corrected chi connectivity index (χ1v) is 11.8. The smallest absolute Gasteiger partial charge is 0.249 e. The second-order valence-electron chi connectivity index (χ2n) is 9.06. The fourth-order valence-corrected chi connectivity index (χ4v) is 5.46. The van der Waals surface area contributed by atoms with Crippen molar-refractivity contribution in [2.75, 3.05) is 0 Å². The highest BCUT2D eigenvalue weighted by atomic mass is 35.5. The first kappa shape index (κ1) is 21.1. The van der Waals surface area contributed by atoms with Crippen LogP contribution in [-0.4, -0.2) is 27.3 Å². The Hall–Kier alpha value is -2.79. The highest BCUT2D eigenvalue weighted by Gasteiger charge is 2.41. The molecule has 1 aliphatic heterocycles. The maximum absolute atomic E-state index is 13.7. The number of carbonyl (C=O) groups excluding carboxylic acids is 2. The Balaban J connectivity index is 1.57. The van der Waals surface area contributed by atoms with Crippen LogP contribution in [0, 0.1) is 6.92 Å². The van der Waals surface area contributed by atoms with Gasteiger partial charge < -0.3 is 14.8 Å². The van der Waals surface area contributed by atoms with E-state index in [9.17, 15) is 9.59 Å². The van der Waals surface area contributed by atoms with Crippen molar-refractivity contribution in [3.05, 3.63) is 70.4 Å². The van der Waals surface area contributed by atoms with E-state index in [4.69, 9.17) is 11.6 Å². The molecular formula is C26H28ClN3O2. The summed E-state index contributed by atoms with van der Waals surface area (Å²) in [4.78, 5) is 28.7. The lowest BCUT2D eigenvalue weighted by Gasteiger charge is -2.37. The van der Waals surface area contributed by atoms with Gasteiger partial charge in [-0.2, -0.15) is 0 Å². The summed E-state index contributed by atoms with van der Waals surface area (Å²) in [5.74, 6) is -0.206. The molecule has 0 spiro atoms. The molecule has 0 bridgehead atoms. The number of hydrogen-bond acceptors (Lipinski definition) is 2. The molecule has 5 nitrogen and oxygen atoms in total. The van der Waals surface area contributed by atoms with Crippen molar-refractivity contribution in [1.29, 1.82) is 0 Å². The Kier molecular flexibility index (Phi) is 5.68. The Morgan fingerprint density at radius 2 is 1.78 bits per heavy atom. The fraction of sp³-hybridized carbons (Fsp3) is 0.385. The first-order valence-electron chi connectivity index (χ1n) is 11.4. The maximum Gasteiger partial charge on any atom is 0.249 e. The molecule has 1 fully saturated rings. The third-order valence-corrected chi connectivity index (χ3v) is 7.20. The number of aromatic nitrogens is 1. The van der Waals surface area contributed by atoms with Crippen LogP contribution in [-0.2, 0) is 22.7 Å². The molecule has 1 atom stereocenters. The summed E-state index contributed by atoms with van der Waals surface area (Å²) >= 11 is 6.85. The van der Waals surface area contributed by atoms with Crippen molar-refractivity contribution < 1.29 is 9.59 Å². The van der Waals surface area contributed by atoms with Gasteiger partial charge >= 0.3 is 0 Å². The van der Waals surface area contributed by atoms with Crippen LogP contribution in [0.1, 0.15) is 55.0 Å². The van der Waals surface area contributed by atoms with E-state index in [1.165, 1.54) is 6.42 Å². The fourth-order valence-electron chi connectivity index (χ4n) is 5.10. The number of amides is 2. The molecule has 1 unspecified atom stereocenters. The maximum atomic E-state index is 13.7. The van der Waals surface area contributed by atoms with Gasteiger partial charge in [0.2, 0.25) is 11.8 Å². The van der Waals surface area contributed by atoms with E-state index < -0.39 is 6.04 Å². The second kappa shape index (κ2) is 8.62. The second-order valence-corrected chi connectivity index (χ2v) is 9.43. The number of fused-ring (bicyclic) bond motifs is 3. The number of nitrogens with zero attached hydrogens (tertiary/aromatic N) is 2. The van der Waals surface area contributed by atoms with E-state index in [0.29, 0.717) is 17.3 Å². The summed E-state index contributed by atoms with van der Waals surface area (Å²) in [6.45, 7) is 2.59. The quantitative estimate of drug-likeness (QED) is 0.599. The number of carbonyl (C=O) groups is 2. The van der Waals surface area contributed by atoms with Crippen LogP contribution >= 0.6 is 11.6 Å². The normalized spacial score (nSPS) is 19.2. The predicted molar refractivity (Wildman–Crippen MR) is 126 cm³/mol. The average Bonchev–Trinajstić information content (AvgIpc) is 3.08. The minimum Gasteiger partial charge on any atom is -0.351 e. The number of hydrogen-bond donors (Lipinski definition) is 1. The molecular weight excluding hydrogens is 422 g/mol. The van der Waals surface area contributed by atoms with Crippen molar-refractivity contribution in [1.82, 2.24) is 14.8 Å². The number of rotatable bonds is 4. The minimum atomic E-state index is -0.751. The van der Waals surface area contributed by atoms with Gasteiger partial charge in [-0.05, 0) is 31.4 Å². The number of aryl methyl sites for hydroxylation is 1. The lowest BCUT2D eigenvalue weighted by Crippen LogP contribution is -2.50. The van der Waals surface area contributed by atoms with E-state index in [1.807, 2.05) is 60.0 Å². The van der Waals surface area contributed by atoms with E-state index in [-0.39, 0.29) is 24.4 Å². The topological polar surface area (TPSA) is 54.3 Å². The molecule has 1 saturated carbocycles. The van der Waals surface area contributed by atoms with E-state index >= 15 is 0 Å². The molecule has 2 aromatic carbocycles. The highest BCUT2D eigenvalue weighted by Crippen LogP contribution is 2.40. The molecule has 0 saturated heterocycles. The van der Waals surface area contributed by atoms with Crippen molar-refractivity contribution in [3.63, 3.8) is 0 Å². The SMILES string of the molecule is Cc1ccc(CN2C(=O)Cn3c(c(Cl)c4ccccc43)C2C(=O)NC2CCCCC2)cc1. The van der Waals surface area contributed by atoms with Crippen LogP contribution < -0.4 is 5.32 Å². The Bertz CT molecular complexity index is 1160. The summed E-state index contributed by atoms with van der Waals surface area (Å²) < 4.78 is 1.93. The van der Waals surface area contributed by atoms with Crippen LogP contribution in [0.3, 0.4) is 0 Å². The standard InChI is InChI=1S/C26H28ClN3O2/c1-17-11-13-18(14-12-17)15-30-22(31)16-29-21-10-6-5-9-20(21)23(27)24(29)25(30)26(32)28-19-7-3-2-4-8-19/h5-6,9-14,19,25H,2-4,7-8,15-16H2,1H3,(H,28,32). The third kappa shape index (κ3) is 3.79. The summed E-state index contributed by atoms with van der Waals surface area (Å²) in [5.41, 5.74) is 3.77. The van der Waals surface area contributed by atoms with Gasteiger partial charge in [0.25, 0.3) is 0 Å². The van der Waals surface area contributed by atoms with E-state index in [0.717, 1.165) is 47.7 Å². The van der Waals surface area contributed by atoms with Crippen molar-refractivity contribution in [2.24, 2.45) is 0 Å². The molecule has 6 heteroatoms. The van der Waals surface area contributed by atoms with Crippen LogP contribution in [0.25, 0.3) is 10.9 Å². The lowest BCUT2D eigenvalue weighted by molar-refractivity contribution is -0.144.